The van der Waals surface area contributed by atoms with Crippen LogP contribution in [0.3, 0.4) is 0 Å². The van der Waals surface area contributed by atoms with Crippen molar-refractivity contribution in [3.8, 4) is 11.4 Å². The Morgan fingerprint density at radius 3 is 2.87 bits per heavy atom. The number of amides is 1. The van der Waals surface area contributed by atoms with E-state index in [-0.39, 0.29) is 5.91 Å². The van der Waals surface area contributed by atoms with E-state index in [1.54, 1.807) is 6.20 Å². The van der Waals surface area contributed by atoms with Crippen LogP contribution in [-0.2, 0) is 11.3 Å². The van der Waals surface area contributed by atoms with E-state index in [1.165, 1.54) is 6.42 Å². The minimum Gasteiger partial charge on any atom is -0.341 e. The summed E-state index contributed by atoms with van der Waals surface area (Å²) in [6.45, 7) is 2.18. The third-order valence-corrected chi connectivity index (χ3v) is 4.51. The summed E-state index contributed by atoms with van der Waals surface area (Å²) in [4.78, 5) is 22.2. The van der Waals surface area contributed by atoms with Crippen molar-refractivity contribution in [3.63, 3.8) is 0 Å². The molecule has 0 unspecified atom stereocenters. The molecule has 0 spiro atoms. The number of nitrogens with one attached hydrogen (secondary N) is 1. The summed E-state index contributed by atoms with van der Waals surface area (Å²) in [5.74, 6) is 0.205. The zero-order chi connectivity index (χ0) is 15.6. The first-order valence-electron chi connectivity index (χ1n) is 8.18. The van der Waals surface area contributed by atoms with Crippen molar-refractivity contribution in [1.82, 2.24) is 19.4 Å². The van der Waals surface area contributed by atoms with E-state index in [9.17, 15) is 4.79 Å². The van der Waals surface area contributed by atoms with Crippen LogP contribution in [-0.4, -0.2) is 38.4 Å². The number of carbonyl (C=O) groups excluding carboxylic acids is 1. The third kappa shape index (κ3) is 2.74. The van der Waals surface area contributed by atoms with Crippen LogP contribution in [0.2, 0.25) is 0 Å². The van der Waals surface area contributed by atoms with Gasteiger partial charge in [0, 0.05) is 30.9 Å². The van der Waals surface area contributed by atoms with Gasteiger partial charge in [0.25, 0.3) is 0 Å². The molecule has 118 valence electrons. The lowest BCUT2D eigenvalue weighted by molar-refractivity contribution is -0.132. The van der Waals surface area contributed by atoms with E-state index < -0.39 is 0 Å². The fourth-order valence-corrected chi connectivity index (χ4v) is 3.28. The summed E-state index contributed by atoms with van der Waals surface area (Å²) in [6.07, 6.45) is 7.23. The highest BCUT2D eigenvalue weighted by atomic mass is 16.2. The Morgan fingerprint density at radius 1 is 1.17 bits per heavy atom. The Balaban J connectivity index is 1.59. The third-order valence-electron chi connectivity index (χ3n) is 4.51. The highest BCUT2D eigenvalue weighted by Crippen LogP contribution is 2.23. The monoisotopic (exact) mass is 308 g/mol. The predicted molar refractivity (Wildman–Crippen MR) is 90.0 cm³/mol. The van der Waals surface area contributed by atoms with Gasteiger partial charge in [0.05, 0.1) is 11.4 Å². The van der Waals surface area contributed by atoms with E-state index in [4.69, 9.17) is 0 Å². The number of piperidine rings is 1. The van der Waals surface area contributed by atoms with Crippen LogP contribution in [0.25, 0.3) is 22.4 Å². The number of carbonyl (C=O) groups is 1. The van der Waals surface area contributed by atoms with Gasteiger partial charge < -0.3 is 14.5 Å². The number of aromatic nitrogens is 3. The lowest BCUT2D eigenvalue weighted by Gasteiger charge is -2.27. The number of pyridine rings is 1. The first kappa shape index (κ1) is 14.1. The van der Waals surface area contributed by atoms with Crippen molar-refractivity contribution >= 4 is 16.9 Å². The number of aromatic amines is 1. The van der Waals surface area contributed by atoms with Crippen molar-refractivity contribution < 1.29 is 4.79 Å². The van der Waals surface area contributed by atoms with Crippen LogP contribution >= 0.6 is 0 Å². The van der Waals surface area contributed by atoms with Crippen molar-refractivity contribution in [3.05, 3.63) is 42.7 Å². The molecule has 1 saturated heterocycles. The summed E-state index contributed by atoms with van der Waals surface area (Å²) >= 11 is 0. The molecule has 4 rings (SSSR count). The van der Waals surface area contributed by atoms with Gasteiger partial charge in [-0.2, -0.15) is 0 Å². The fraction of sp³-hybridized carbons (Fsp3) is 0.333. The Morgan fingerprint density at radius 2 is 2.04 bits per heavy atom. The molecule has 0 bridgehead atoms. The first-order chi connectivity index (χ1) is 11.3. The van der Waals surface area contributed by atoms with Crippen LogP contribution in [0, 0.1) is 0 Å². The molecule has 5 nitrogen and oxygen atoms in total. The SMILES string of the molecule is O=C(Cn1cccc1-c1cc2cccnc2[nH]1)N1CCCCC1. The Labute approximate surface area is 134 Å². The van der Waals surface area contributed by atoms with E-state index in [0.29, 0.717) is 6.54 Å². The van der Waals surface area contributed by atoms with Gasteiger partial charge in [0.1, 0.15) is 12.2 Å². The summed E-state index contributed by atoms with van der Waals surface area (Å²) in [5, 5.41) is 1.08. The fourth-order valence-electron chi connectivity index (χ4n) is 3.28. The number of hydrogen-bond acceptors (Lipinski definition) is 2. The van der Waals surface area contributed by atoms with Gasteiger partial charge in [0.2, 0.25) is 5.91 Å². The largest absolute Gasteiger partial charge is 0.341 e. The second kappa shape index (κ2) is 5.91. The maximum atomic E-state index is 12.5. The van der Waals surface area contributed by atoms with E-state index in [0.717, 1.165) is 48.4 Å². The van der Waals surface area contributed by atoms with Crippen LogP contribution < -0.4 is 0 Å². The summed E-state index contributed by atoms with van der Waals surface area (Å²) < 4.78 is 2.02. The molecule has 4 heterocycles. The van der Waals surface area contributed by atoms with Gasteiger partial charge in [0.15, 0.2) is 0 Å². The summed E-state index contributed by atoms with van der Waals surface area (Å²) in [6, 6.07) is 10.1. The highest BCUT2D eigenvalue weighted by Gasteiger charge is 2.18. The van der Waals surface area contributed by atoms with E-state index in [2.05, 4.69) is 16.0 Å². The summed E-state index contributed by atoms with van der Waals surface area (Å²) in [7, 11) is 0. The molecule has 0 atom stereocenters. The van der Waals surface area contributed by atoms with Crippen LogP contribution in [0.1, 0.15) is 19.3 Å². The Kier molecular flexibility index (Phi) is 3.61. The minimum absolute atomic E-state index is 0.205. The van der Waals surface area contributed by atoms with Crippen molar-refractivity contribution in [1.29, 1.82) is 0 Å². The molecule has 1 N–H and O–H groups in total. The average molecular weight is 308 g/mol. The highest BCUT2D eigenvalue weighted by molar-refractivity contribution is 5.83. The normalized spacial score (nSPS) is 15.2. The zero-order valence-corrected chi connectivity index (χ0v) is 13.0. The van der Waals surface area contributed by atoms with Crippen molar-refractivity contribution in [2.75, 3.05) is 13.1 Å². The van der Waals surface area contributed by atoms with Gasteiger partial charge in [-0.25, -0.2) is 4.98 Å². The molecular formula is C18H20N4O. The number of likely N-dealkylation sites (tertiary alicyclic amines) is 1. The summed E-state index contributed by atoms with van der Waals surface area (Å²) in [5.41, 5.74) is 2.89. The number of hydrogen-bond donors (Lipinski definition) is 1. The van der Waals surface area contributed by atoms with Gasteiger partial charge in [-0.3, -0.25) is 4.79 Å². The average Bonchev–Trinajstić information content (AvgIpc) is 3.21. The molecule has 1 aliphatic rings. The predicted octanol–water partition coefficient (Wildman–Crippen LogP) is 3.04. The number of rotatable bonds is 3. The molecule has 3 aromatic rings. The van der Waals surface area contributed by atoms with E-state index in [1.807, 2.05) is 39.9 Å². The zero-order valence-electron chi connectivity index (χ0n) is 13.0. The molecule has 0 aliphatic carbocycles. The van der Waals surface area contributed by atoms with Crippen LogP contribution in [0.15, 0.2) is 42.7 Å². The van der Waals surface area contributed by atoms with Crippen LogP contribution in [0.5, 0.6) is 0 Å². The molecule has 0 saturated carbocycles. The van der Waals surface area contributed by atoms with Gasteiger partial charge in [-0.15, -0.1) is 0 Å². The molecule has 1 amide bonds. The molecule has 5 heteroatoms. The van der Waals surface area contributed by atoms with Crippen molar-refractivity contribution in [2.45, 2.75) is 25.8 Å². The molecule has 0 aromatic carbocycles. The second-order valence-corrected chi connectivity index (χ2v) is 6.09. The van der Waals surface area contributed by atoms with Gasteiger partial charge in [-0.05, 0) is 49.6 Å². The molecule has 3 aromatic heterocycles. The van der Waals surface area contributed by atoms with E-state index >= 15 is 0 Å². The Bertz CT molecular complexity index is 793. The molecule has 1 fully saturated rings. The Hall–Kier alpha value is -2.56. The maximum Gasteiger partial charge on any atom is 0.242 e. The number of nitrogens with zero attached hydrogens (tertiary/aromatic N) is 3. The standard InChI is InChI=1S/C18H20N4O/c23-17(21-9-2-1-3-10-21)13-22-11-5-7-16(22)15-12-14-6-4-8-19-18(14)20-15/h4-8,11-12H,1-3,9-10,13H2,(H,19,20). The quantitative estimate of drug-likeness (QED) is 0.808. The smallest absolute Gasteiger partial charge is 0.242 e. The number of fused-ring (bicyclic) bond motifs is 1. The first-order valence-corrected chi connectivity index (χ1v) is 8.18. The molecular weight excluding hydrogens is 288 g/mol. The molecule has 23 heavy (non-hydrogen) atoms. The van der Waals surface area contributed by atoms with Gasteiger partial charge in [-0.1, -0.05) is 0 Å². The lowest BCUT2D eigenvalue weighted by atomic mass is 10.1. The van der Waals surface area contributed by atoms with Crippen molar-refractivity contribution in [2.24, 2.45) is 0 Å². The maximum absolute atomic E-state index is 12.5. The lowest BCUT2D eigenvalue weighted by Crippen LogP contribution is -2.37. The van der Waals surface area contributed by atoms with Crippen LogP contribution in [0.4, 0.5) is 0 Å². The molecule has 1 aliphatic heterocycles. The minimum atomic E-state index is 0.205. The number of H-pyrrole nitrogens is 1. The van der Waals surface area contributed by atoms with Gasteiger partial charge >= 0.3 is 0 Å². The second-order valence-electron chi connectivity index (χ2n) is 6.09. The molecule has 0 radical (unpaired) electrons. The topological polar surface area (TPSA) is 53.9 Å².